The zero-order valence-electron chi connectivity index (χ0n) is 12.3. The third-order valence-electron chi connectivity index (χ3n) is 3.52. The van der Waals surface area contributed by atoms with Gasteiger partial charge in [-0.2, -0.15) is 0 Å². The average Bonchev–Trinajstić information content (AvgIpc) is 2.58. The number of rotatable bonds is 3. The van der Waals surface area contributed by atoms with Crippen molar-refractivity contribution in [2.75, 3.05) is 17.8 Å². The number of aromatic nitrogens is 1. The second kappa shape index (κ2) is 5.92. The highest BCUT2D eigenvalue weighted by atomic mass is 19.1. The van der Waals surface area contributed by atoms with Crippen molar-refractivity contribution >= 4 is 22.4 Å². The van der Waals surface area contributed by atoms with Crippen LogP contribution in [0.25, 0.3) is 10.8 Å². The van der Waals surface area contributed by atoms with Crippen molar-refractivity contribution in [3.8, 4) is 0 Å². The fourth-order valence-electron chi connectivity index (χ4n) is 2.31. The summed E-state index contributed by atoms with van der Waals surface area (Å²) in [6.45, 7) is 0. The van der Waals surface area contributed by atoms with E-state index in [9.17, 15) is 14.0 Å². The standard InChI is InChI=1S/C17H14FN3O2/c1-19-15-9-12-7-8-21(17(23)13(12)10-14(15)18)20-16(22)11-5-3-2-4-6-11/h2-10,19H,1H3,(H,20,22). The number of fused-ring (bicyclic) bond motifs is 1. The Balaban J connectivity index is 2.01. The van der Waals surface area contributed by atoms with Crippen LogP contribution in [-0.4, -0.2) is 17.6 Å². The molecule has 116 valence electrons. The first-order valence-electron chi connectivity index (χ1n) is 6.99. The van der Waals surface area contributed by atoms with Crippen LogP contribution in [0.2, 0.25) is 0 Å². The van der Waals surface area contributed by atoms with Crippen LogP contribution in [0, 0.1) is 5.82 Å². The molecule has 0 atom stereocenters. The number of carbonyl (C=O) groups is 1. The van der Waals surface area contributed by atoms with Crippen LogP contribution in [-0.2, 0) is 0 Å². The molecule has 0 bridgehead atoms. The van der Waals surface area contributed by atoms with E-state index in [1.54, 1.807) is 49.5 Å². The molecule has 23 heavy (non-hydrogen) atoms. The molecule has 6 heteroatoms. The van der Waals surface area contributed by atoms with E-state index in [0.29, 0.717) is 16.6 Å². The highest BCUT2D eigenvalue weighted by Gasteiger charge is 2.10. The van der Waals surface area contributed by atoms with Crippen LogP contribution in [0.1, 0.15) is 10.4 Å². The Kier molecular flexibility index (Phi) is 3.80. The predicted octanol–water partition coefficient (Wildman–Crippen LogP) is 2.57. The summed E-state index contributed by atoms with van der Waals surface area (Å²) >= 11 is 0. The topological polar surface area (TPSA) is 63.1 Å². The van der Waals surface area contributed by atoms with Crippen molar-refractivity contribution in [2.45, 2.75) is 0 Å². The Hall–Kier alpha value is -3.15. The minimum absolute atomic E-state index is 0.192. The third-order valence-corrected chi connectivity index (χ3v) is 3.52. The lowest BCUT2D eigenvalue weighted by molar-refractivity contribution is 0.101. The molecule has 1 heterocycles. The lowest BCUT2D eigenvalue weighted by Gasteiger charge is -2.10. The molecule has 3 aromatic rings. The lowest BCUT2D eigenvalue weighted by Crippen LogP contribution is -2.32. The van der Waals surface area contributed by atoms with Gasteiger partial charge in [0.2, 0.25) is 0 Å². The Bertz CT molecular complexity index is 936. The molecule has 0 radical (unpaired) electrons. The summed E-state index contributed by atoms with van der Waals surface area (Å²) in [5.74, 6) is -0.941. The normalized spacial score (nSPS) is 10.5. The first-order valence-corrected chi connectivity index (χ1v) is 6.99. The van der Waals surface area contributed by atoms with Crippen LogP contribution < -0.4 is 16.3 Å². The number of nitrogens with one attached hydrogen (secondary N) is 2. The fourth-order valence-corrected chi connectivity index (χ4v) is 2.31. The molecule has 0 saturated heterocycles. The van der Waals surface area contributed by atoms with Gasteiger partial charge in [-0.25, -0.2) is 9.07 Å². The SMILES string of the molecule is CNc1cc2ccn(NC(=O)c3ccccc3)c(=O)c2cc1F. The Morgan fingerprint density at radius 1 is 1.13 bits per heavy atom. The molecule has 0 saturated carbocycles. The largest absolute Gasteiger partial charge is 0.386 e. The second-order valence-corrected chi connectivity index (χ2v) is 4.97. The average molecular weight is 311 g/mol. The summed E-state index contributed by atoms with van der Waals surface area (Å²) in [6.07, 6.45) is 1.45. The van der Waals surface area contributed by atoms with E-state index >= 15 is 0 Å². The molecule has 3 rings (SSSR count). The summed E-state index contributed by atoms with van der Waals surface area (Å²) in [5.41, 5.74) is 2.74. The molecule has 2 N–H and O–H groups in total. The fraction of sp³-hybridized carbons (Fsp3) is 0.0588. The maximum atomic E-state index is 13.9. The van der Waals surface area contributed by atoms with Gasteiger partial charge in [0.05, 0.1) is 11.1 Å². The number of benzene rings is 2. The first-order chi connectivity index (χ1) is 11.1. The van der Waals surface area contributed by atoms with Gasteiger partial charge in [0.25, 0.3) is 11.5 Å². The van der Waals surface area contributed by atoms with E-state index in [1.807, 2.05) is 0 Å². The third kappa shape index (κ3) is 2.78. The summed E-state index contributed by atoms with van der Waals surface area (Å²) in [4.78, 5) is 24.5. The Labute approximate surface area is 131 Å². The quantitative estimate of drug-likeness (QED) is 0.781. The number of carbonyl (C=O) groups excluding carboxylic acids is 1. The van der Waals surface area contributed by atoms with Gasteiger partial charge in [0.15, 0.2) is 0 Å². The molecule has 0 aliphatic carbocycles. The number of nitrogens with zero attached hydrogens (tertiary/aromatic N) is 1. The minimum atomic E-state index is -0.524. The van der Waals surface area contributed by atoms with Gasteiger partial charge < -0.3 is 5.32 Å². The van der Waals surface area contributed by atoms with Gasteiger partial charge in [-0.1, -0.05) is 18.2 Å². The van der Waals surface area contributed by atoms with Crippen molar-refractivity contribution in [3.63, 3.8) is 0 Å². The van der Waals surface area contributed by atoms with Gasteiger partial charge >= 0.3 is 0 Å². The maximum absolute atomic E-state index is 13.9. The molecule has 0 unspecified atom stereocenters. The van der Waals surface area contributed by atoms with E-state index in [0.717, 1.165) is 10.7 Å². The number of hydrogen-bond acceptors (Lipinski definition) is 3. The number of hydrogen-bond donors (Lipinski definition) is 2. The highest BCUT2D eigenvalue weighted by Crippen LogP contribution is 2.20. The van der Waals surface area contributed by atoms with E-state index in [2.05, 4.69) is 10.7 Å². The molecule has 5 nitrogen and oxygen atoms in total. The van der Waals surface area contributed by atoms with Gasteiger partial charge in [-0.15, -0.1) is 0 Å². The molecule has 2 aromatic carbocycles. The summed E-state index contributed by atoms with van der Waals surface area (Å²) < 4.78 is 14.9. The van der Waals surface area contributed by atoms with Gasteiger partial charge in [-0.05, 0) is 35.7 Å². The van der Waals surface area contributed by atoms with Crippen LogP contribution in [0.4, 0.5) is 10.1 Å². The van der Waals surface area contributed by atoms with Crippen LogP contribution >= 0.6 is 0 Å². The van der Waals surface area contributed by atoms with Gasteiger partial charge in [0, 0.05) is 18.8 Å². The summed E-state index contributed by atoms with van der Waals surface area (Å²) in [7, 11) is 1.60. The molecule has 0 aliphatic heterocycles. The molecule has 0 fully saturated rings. The van der Waals surface area contributed by atoms with Crippen molar-refractivity contribution < 1.29 is 9.18 Å². The van der Waals surface area contributed by atoms with E-state index in [4.69, 9.17) is 0 Å². The summed E-state index contributed by atoms with van der Waals surface area (Å²) in [6, 6.07) is 12.9. The van der Waals surface area contributed by atoms with Crippen molar-refractivity contribution in [1.29, 1.82) is 0 Å². The van der Waals surface area contributed by atoms with Gasteiger partial charge in [0.1, 0.15) is 5.82 Å². The van der Waals surface area contributed by atoms with Crippen LogP contribution in [0.5, 0.6) is 0 Å². The van der Waals surface area contributed by atoms with Crippen molar-refractivity contribution in [3.05, 3.63) is 76.5 Å². The number of pyridine rings is 1. The predicted molar refractivity (Wildman–Crippen MR) is 87.8 cm³/mol. The molecule has 1 aromatic heterocycles. The zero-order valence-corrected chi connectivity index (χ0v) is 12.3. The second-order valence-electron chi connectivity index (χ2n) is 4.97. The zero-order chi connectivity index (χ0) is 16.4. The van der Waals surface area contributed by atoms with E-state index < -0.39 is 17.3 Å². The Morgan fingerprint density at radius 2 is 1.87 bits per heavy atom. The molecule has 0 spiro atoms. The van der Waals surface area contributed by atoms with Crippen LogP contribution in [0.15, 0.2) is 59.5 Å². The van der Waals surface area contributed by atoms with Crippen molar-refractivity contribution in [2.24, 2.45) is 0 Å². The Morgan fingerprint density at radius 3 is 2.57 bits per heavy atom. The van der Waals surface area contributed by atoms with Gasteiger partial charge in [-0.3, -0.25) is 15.0 Å². The number of anilines is 1. The molecule has 1 amide bonds. The molecular weight excluding hydrogens is 297 g/mol. The lowest BCUT2D eigenvalue weighted by atomic mass is 10.1. The highest BCUT2D eigenvalue weighted by molar-refractivity contribution is 6.00. The first kappa shape index (κ1) is 14.8. The number of amides is 1. The van der Waals surface area contributed by atoms with Crippen LogP contribution in [0.3, 0.4) is 0 Å². The minimum Gasteiger partial charge on any atom is -0.386 e. The van der Waals surface area contributed by atoms with E-state index in [1.165, 1.54) is 6.20 Å². The van der Waals surface area contributed by atoms with E-state index in [-0.39, 0.29) is 5.39 Å². The number of halogens is 1. The maximum Gasteiger partial charge on any atom is 0.277 e. The smallest absolute Gasteiger partial charge is 0.277 e. The molecule has 0 aliphatic rings. The summed E-state index contributed by atoms with van der Waals surface area (Å²) in [5, 5.41) is 3.50. The molecular formula is C17H14FN3O2. The van der Waals surface area contributed by atoms with Crippen molar-refractivity contribution in [1.82, 2.24) is 4.68 Å². The monoisotopic (exact) mass is 311 g/mol.